The molecule has 2 aromatic rings. The van der Waals surface area contributed by atoms with Crippen LogP contribution >= 0.6 is 23.2 Å². The molecule has 0 unspecified atom stereocenters. The Morgan fingerprint density at radius 2 is 1.68 bits per heavy atom. The van der Waals surface area contributed by atoms with Crippen molar-refractivity contribution in [3.8, 4) is 0 Å². The van der Waals surface area contributed by atoms with E-state index in [1.165, 1.54) is 24.3 Å². The van der Waals surface area contributed by atoms with Crippen molar-refractivity contribution in [3.63, 3.8) is 0 Å². The average Bonchev–Trinajstić information content (AvgIpc) is 2.56. The van der Waals surface area contributed by atoms with E-state index in [9.17, 15) is 22.0 Å². The zero-order valence-electron chi connectivity index (χ0n) is 12.3. The number of carbonyl (C=O) groups excluding carboxylic acids is 1. The van der Waals surface area contributed by atoms with Crippen molar-refractivity contribution in [2.45, 2.75) is 10.7 Å². The Hall–Kier alpha value is -2.10. The van der Waals surface area contributed by atoms with Crippen LogP contribution in [0.5, 0.6) is 0 Å². The number of sulfone groups is 1. The van der Waals surface area contributed by atoms with Crippen molar-refractivity contribution >= 4 is 50.4 Å². The van der Waals surface area contributed by atoms with Gasteiger partial charge in [-0.3, -0.25) is 10.9 Å². The van der Waals surface area contributed by atoms with Crippen molar-refractivity contribution in [1.82, 2.24) is 5.43 Å². The molecule has 134 valence electrons. The zero-order valence-corrected chi connectivity index (χ0v) is 14.6. The lowest BCUT2D eigenvalue weighted by Crippen LogP contribution is -2.33. The first-order valence-electron chi connectivity index (χ1n) is 6.60. The molecule has 0 aliphatic rings. The van der Waals surface area contributed by atoms with Gasteiger partial charge in [0.25, 0.3) is 0 Å². The van der Waals surface area contributed by atoms with E-state index in [-0.39, 0.29) is 16.4 Å². The second-order valence-corrected chi connectivity index (χ2v) is 7.42. The molecule has 2 rings (SSSR count). The van der Waals surface area contributed by atoms with Crippen molar-refractivity contribution in [3.05, 3.63) is 52.5 Å². The summed E-state index contributed by atoms with van der Waals surface area (Å²) >= 11 is 11.7. The van der Waals surface area contributed by atoms with E-state index in [0.717, 1.165) is 12.1 Å². The molecule has 0 aliphatic carbocycles. The normalized spacial score (nSPS) is 11.2. The van der Waals surface area contributed by atoms with Gasteiger partial charge in [-0.2, -0.15) is 8.78 Å². The molecule has 3 N–H and O–H groups in total. The lowest BCUT2D eigenvalue weighted by Gasteiger charge is -2.11. The maximum Gasteiger partial charge on any atom is 0.341 e. The van der Waals surface area contributed by atoms with Crippen LogP contribution < -0.4 is 16.2 Å². The predicted molar refractivity (Wildman–Crippen MR) is 91.9 cm³/mol. The number of urea groups is 1. The van der Waals surface area contributed by atoms with Gasteiger partial charge in [0.15, 0.2) is 0 Å². The standard InChI is InChI=1S/C14H11Cl2F2N3O3S/c15-8-1-6-11(16)12(7-8)19-14(22)21-20-9-2-4-10(5-3-9)25(23,24)13(17)18/h1-7,13,20H,(H2,19,21,22). The molecular formula is C14H11Cl2F2N3O3S. The minimum absolute atomic E-state index is 0.278. The van der Waals surface area contributed by atoms with Gasteiger partial charge in [-0.25, -0.2) is 13.2 Å². The van der Waals surface area contributed by atoms with Gasteiger partial charge in [0.2, 0.25) is 9.84 Å². The topological polar surface area (TPSA) is 87.3 Å². The Bertz CT molecular complexity index is 877. The quantitative estimate of drug-likeness (QED) is 0.647. The van der Waals surface area contributed by atoms with E-state index in [4.69, 9.17) is 23.2 Å². The predicted octanol–water partition coefficient (Wildman–Crippen LogP) is 4.14. The van der Waals surface area contributed by atoms with Crippen molar-refractivity contribution < 1.29 is 22.0 Å². The van der Waals surface area contributed by atoms with E-state index in [1.54, 1.807) is 6.07 Å². The molecule has 0 aromatic heterocycles. The second kappa shape index (κ2) is 7.85. The maximum absolute atomic E-state index is 12.4. The largest absolute Gasteiger partial charge is 0.341 e. The number of carbonyl (C=O) groups is 1. The van der Waals surface area contributed by atoms with Crippen LogP contribution in [0.4, 0.5) is 25.0 Å². The van der Waals surface area contributed by atoms with Crippen molar-refractivity contribution in [2.24, 2.45) is 0 Å². The van der Waals surface area contributed by atoms with Crippen LogP contribution in [-0.2, 0) is 9.84 Å². The minimum Gasteiger partial charge on any atom is -0.305 e. The lowest BCUT2D eigenvalue weighted by atomic mass is 10.3. The molecule has 0 radical (unpaired) electrons. The summed E-state index contributed by atoms with van der Waals surface area (Å²) in [6.45, 7) is 0. The SMILES string of the molecule is O=C(NNc1ccc(S(=O)(=O)C(F)F)cc1)Nc1cc(Cl)ccc1Cl. The van der Waals surface area contributed by atoms with Crippen LogP contribution in [0.25, 0.3) is 0 Å². The van der Waals surface area contributed by atoms with E-state index in [2.05, 4.69) is 16.2 Å². The molecule has 2 aromatic carbocycles. The molecule has 0 atom stereocenters. The fourth-order valence-electron chi connectivity index (χ4n) is 1.71. The summed E-state index contributed by atoms with van der Waals surface area (Å²) < 4.78 is 47.5. The molecule has 2 amide bonds. The number of amides is 2. The third-order valence-corrected chi connectivity index (χ3v) is 4.88. The Kier molecular flexibility index (Phi) is 6.04. The highest BCUT2D eigenvalue weighted by molar-refractivity contribution is 7.91. The molecule has 6 nitrogen and oxygen atoms in total. The number of hydrazine groups is 1. The fraction of sp³-hybridized carbons (Fsp3) is 0.0714. The average molecular weight is 410 g/mol. The summed E-state index contributed by atoms with van der Waals surface area (Å²) in [6, 6.07) is 8.29. The first-order chi connectivity index (χ1) is 11.7. The molecule has 0 bridgehead atoms. The molecule has 0 aliphatic heterocycles. The summed E-state index contributed by atoms with van der Waals surface area (Å²) in [5.41, 5.74) is 5.32. The highest BCUT2D eigenvalue weighted by atomic mass is 35.5. The molecule has 0 saturated carbocycles. The van der Waals surface area contributed by atoms with Gasteiger partial charge in [-0.15, -0.1) is 0 Å². The molecule has 0 heterocycles. The summed E-state index contributed by atoms with van der Waals surface area (Å²) in [5.74, 6) is -3.50. The molecule has 0 spiro atoms. The van der Waals surface area contributed by atoms with Crippen molar-refractivity contribution in [1.29, 1.82) is 0 Å². The zero-order chi connectivity index (χ0) is 18.6. The van der Waals surface area contributed by atoms with Crippen LogP contribution in [0.15, 0.2) is 47.4 Å². The fourth-order valence-corrected chi connectivity index (χ4v) is 2.76. The number of hydrogen-bond acceptors (Lipinski definition) is 4. The Morgan fingerprint density at radius 3 is 2.28 bits per heavy atom. The molecule has 11 heteroatoms. The monoisotopic (exact) mass is 409 g/mol. The Balaban J connectivity index is 1.97. The lowest BCUT2D eigenvalue weighted by molar-refractivity contribution is 0.234. The summed E-state index contributed by atoms with van der Waals surface area (Å²) in [4.78, 5) is 11.3. The minimum atomic E-state index is -4.66. The first kappa shape index (κ1) is 19.2. The van der Waals surface area contributed by atoms with Crippen LogP contribution in [0, 0.1) is 0 Å². The maximum atomic E-state index is 12.4. The first-order valence-corrected chi connectivity index (χ1v) is 8.90. The Morgan fingerprint density at radius 1 is 1.04 bits per heavy atom. The van der Waals surface area contributed by atoms with E-state index in [1.807, 2.05) is 0 Å². The van der Waals surface area contributed by atoms with Gasteiger partial charge in [0, 0.05) is 5.02 Å². The van der Waals surface area contributed by atoms with Crippen molar-refractivity contribution in [2.75, 3.05) is 10.7 Å². The highest BCUT2D eigenvalue weighted by Crippen LogP contribution is 2.25. The Labute approximate surface area is 152 Å². The van der Waals surface area contributed by atoms with E-state index >= 15 is 0 Å². The smallest absolute Gasteiger partial charge is 0.305 e. The highest BCUT2D eigenvalue weighted by Gasteiger charge is 2.26. The third kappa shape index (κ3) is 4.94. The van der Waals surface area contributed by atoms with E-state index in [0.29, 0.717) is 5.02 Å². The number of rotatable bonds is 5. The number of hydrogen-bond donors (Lipinski definition) is 3. The summed E-state index contributed by atoms with van der Waals surface area (Å²) in [5, 5.41) is 3.10. The van der Waals surface area contributed by atoms with Gasteiger partial charge >= 0.3 is 11.8 Å². The molecule has 0 saturated heterocycles. The molecular weight excluding hydrogens is 399 g/mol. The second-order valence-electron chi connectivity index (χ2n) is 4.66. The third-order valence-electron chi connectivity index (χ3n) is 2.91. The van der Waals surface area contributed by atoms with Crippen LogP contribution in [0.2, 0.25) is 10.0 Å². The number of anilines is 2. The van der Waals surface area contributed by atoms with Crippen LogP contribution in [0.1, 0.15) is 0 Å². The van der Waals surface area contributed by atoms with Gasteiger partial charge in [0.05, 0.1) is 21.3 Å². The van der Waals surface area contributed by atoms with Crippen LogP contribution in [-0.4, -0.2) is 20.2 Å². The van der Waals surface area contributed by atoms with Gasteiger partial charge in [-0.05, 0) is 42.5 Å². The van der Waals surface area contributed by atoms with Gasteiger partial charge in [-0.1, -0.05) is 23.2 Å². The van der Waals surface area contributed by atoms with Gasteiger partial charge in [0.1, 0.15) is 0 Å². The number of halogens is 4. The number of nitrogens with one attached hydrogen (secondary N) is 3. The van der Waals surface area contributed by atoms with E-state index < -0.39 is 26.5 Å². The number of alkyl halides is 2. The molecule has 0 fully saturated rings. The summed E-state index contributed by atoms with van der Waals surface area (Å²) in [7, 11) is -4.66. The van der Waals surface area contributed by atoms with Crippen LogP contribution in [0.3, 0.4) is 0 Å². The number of benzene rings is 2. The molecule has 25 heavy (non-hydrogen) atoms. The summed E-state index contributed by atoms with van der Waals surface area (Å²) in [6.07, 6.45) is 0. The van der Waals surface area contributed by atoms with Gasteiger partial charge < -0.3 is 5.32 Å².